The van der Waals surface area contributed by atoms with Crippen LogP contribution < -0.4 is 0 Å². The molecule has 3 rings (SSSR count). The molecule has 0 aliphatic heterocycles. The largest absolute Gasteiger partial charge is 0.306 e. The van der Waals surface area contributed by atoms with Crippen LogP contribution in [0, 0.1) is 6.92 Å². The number of hydrogen-bond donors (Lipinski definition) is 0. The van der Waals surface area contributed by atoms with Gasteiger partial charge in [-0.2, -0.15) is 5.10 Å². The monoisotopic (exact) mass is 238 g/mol. The highest BCUT2D eigenvalue weighted by molar-refractivity contribution is 6.16. The van der Waals surface area contributed by atoms with E-state index in [4.69, 9.17) is 11.6 Å². The average Bonchev–Trinajstić information content (AvgIpc) is 2.77. The van der Waals surface area contributed by atoms with E-state index >= 15 is 0 Å². The molecular weight excluding hydrogens is 224 g/mol. The normalized spacial score (nSPS) is 18.2. The summed E-state index contributed by atoms with van der Waals surface area (Å²) in [4.78, 5) is 4.61. The van der Waals surface area contributed by atoms with Crippen LogP contribution >= 0.6 is 11.6 Å². The smallest absolute Gasteiger partial charge is 0.159 e. The minimum atomic E-state index is 0.208. The molecule has 86 valence electrons. The van der Waals surface area contributed by atoms with E-state index < -0.39 is 0 Å². The molecule has 0 bridgehead atoms. The third-order valence-electron chi connectivity index (χ3n) is 3.50. The predicted octanol–water partition coefficient (Wildman–Crippen LogP) is 2.33. The molecule has 0 amide bonds. The Bertz CT molecular complexity index is 562. The molecule has 1 saturated carbocycles. The van der Waals surface area contributed by atoms with Crippen molar-refractivity contribution in [3.63, 3.8) is 0 Å². The highest BCUT2D eigenvalue weighted by Crippen LogP contribution is 2.45. The van der Waals surface area contributed by atoms with Gasteiger partial charge in [-0.05, 0) is 26.7 Å². The van der Waals surface area contributed by atoms with E-state index in [-0.39, 0.29) is 5.54 Å². The maximum Gasteiger partial charge on any atom is 0.159 e. The van der Waals surface area contributed by atoms with Gasteiger partial charge in [-0.1, -0.05) is 0 Å². The summed E-state index contributed by atoms with van der Waals surface area (Å²) in [6.07, 6.45) is 2.40. The number of hydrogen-bond acceptors (Lipinski definition) is 2. The lowest BCUT2D eigenvalue weighted by molar-refractivity contribution is 0.517. The third kappa shape index (κ3) is 1.16. The number of alkyl halides is 1. The molecule has 1 fully saturated rings. The summed E-state index contributed by atoms with van der Waals surface area (Å²) in [7, 11) is 1.97. The third-order valence-corrected chi connectivity index (χ3v) is 3.74. The quantitative estimate of drug-likeness (QED) is 0.753. The Morgan fingerprint density at radius 1 is 1.44 bits per heavy atom. The molecule has 1 aliphatic carbocycles. The first-order valence-electron chi connectivity index (χ1n) is 5.54. The number of aromatic nitrogens is 4. The minimum Gasteiger partial charge on any atom is -0.306 e. The molecule has 0 N–H and O–H groups in total. The zero-order chi connectivity index (χ0) is 11.5. The molecule has 1 aliphatic rings. The molecule has 5 heteroatoms. The second kappa shape index (κ2) is 3.00. The number of aryl methyl sites for hydroxylation is 2. The fraction of sp³-hybridized carbons (Fsp3) is 0.636. The molecule has 0 radical (unpaired) electrons. The van der Waals surface area contributed by atoms with Crippen LogP contribution in [0.25, 0.3) is 11.2 Å². The fourth-order valence-electron chi connectivity index (χ4n) is 2.38. The molecule has 0 saturated heterocycles. The first-order valence-corrected chi connectivity index (χ1v) is 6.07. The van der Waals surface area contributed by atoms with Crippen LogP contribution in [0.3, 0.4) is 0 Å². The summed E-state index contributed by atoms with van der Waals surface area (Å²) in [6, 6.07) is 0. The van der Waals surface area contributed by atoms with Gasteiger partial charge in [0.25, 0.3) is 0 Å². The molecule has 4 nitrogen and oxygen atoms in total. The number of imidazole rings is 1. The van der Waals surface area contributed by atoms with Crippen molar-refractivity contribution in [2.24, 2.45) is 7.05 Å². The first-order chi connectivity index (χ1) is 7.57. The van der Waals surface area contributed by atoms with Gasteiger partial charge in [0, 0.05) is 12.6 Å². The Balaban J connectivity index is 2.38. The summed E-state index contributed by atoms with van der Waals surface area (Å²) >= 11 is 5.99. The van der Waals surface area contributed by atoms with E-state index in [0.29, 0.717) is 5.88 Å². The van der Waals surface area contributed by atoms with Crippen LogP contribution in [0.2, 0.25) is 0 Å². The lowest BCUT2D eigenvalue weighted by Crippen LogP contribution is -2.17. The first kappa shape index (κ1) is 10.1. The molecule has 2 aromatic rings. The van der Waals surface area contributed by atoms with E-state index in [9.17, 15) is 0 Å². The summed E-state index contributed by atoms with van der Waals surface area (Å²) < 4.78 is 4.19. The van der Waals surface area contributed by atoms with Gasteiger partial charge in [0.2, 0.25) is 0 Å². The molecule has 2 aromatic heterocycles. The molecular formula is C11H15ClN4. The van der Waals surface area contributed by atoms with Crippen LogP contribution in [0.5, 0.6) is 0 Å². The lowest BCUT2D eigenvalue weighted by Gasteiger charge is -2.15. The van der Waals surface area contributed by atoms with Gasteiger partial charge >= 0.3 is 0 Å². The predicted molar refractivity (Wildman–Crippen MR) is 63.7 cm³/mol. The van der Waals surface area contributed by atoms with E-state index in [1.54, 1.807) is 0 Å². The van der Waals surface area contributed by atoms with Crippen LogP contribution in [-0.2, 0) is 18.5 Å². The number of rotatable bonds is 2. The molecule has 0 unspecified atom stereocenters. The number of halogens is 1. The van der Waals surface area contributed by atoms with E-state index in [2.05, 4.69) is 21.6 Å². The Morgan fingerprint density at radius 3 is 2.69 bits per heavy atom. The van der Waals surface area contributed by atoms with Crippen molar-refractivity contribution in [1.29, 1.82) is 0 Å². The Hall–Kier alpha value is -1.03. The van der Waals surface area contributed by atoms with Gasteiger partial charge < -0.3 is 4.57 Å². The average molecular weight is 239 g/mol. The van der Waals surface area contributed by atoms with E-state index in [0.717, 1.165) is 22.7 Å². The zero-order valence-electron chi connectivity index (χ0n) is 9.79. The molecule has 0 spiro atoms. The molecule has 0 aromatic carbocycles. The standard InChI is InChI=1S/C11H15ClN4/c1-7-9-10(15(3)14-7)16(8(6-12)13-9)11(2)4-5-11/h4-6H2,1-3H3. The topological polar surface area (TPSA) is 35.6 Å². The van der Waals surface area contributed by atoms with Crippen LogP contribution in [0.15, 0.2) is 0 Å². The fourth-order valence-corrected chi connectivity index (χ4v) is 2.56. The van der Waals surface area contributed by atoms with E-state index in [1.807, 2.05) is 18.7 Å². The van der Waals surface area contributed by atoms with Gasteiger partial charge in [0.15, 0.2) is 5.65 Å². The second-order valence-electron chi connectivity index (χ2n) is 4.88. The van der Waals surface area contributed by atoms with Crippen molar-refractivity contribution in [1.82, 2.24) is 19.3 Å². The summed E-state index contributed by atoms with van der Waals surface area (Å²) in [6.45, 7) is 4.25. The lowest BCUT2D eigenvalue weighted by atomic mass is 10.3. The number of nitrogens with zero attached hydrogens (tertiary/aromatic N) is 4. The van der Waals surface area contributed by atoms with Crippen molar-refractivity contribution in [3.05, 3.63) is 11.5 Å². The van der Waals surface area contributed by atoms with Crippen LogP contribution in [-0.4, -0.2) is 19.3 Å². The highest BCUT2D eigenvalue weighted by atomic mass is 35.5. The van der Waals surface area contributed by atoms with Crippen LogP contribution in [0.1, 0.15) is 31.3 Å². The highest BCUT2D eigenvalue weighted by Gasteiger charge is 2.42. The minimum absolute atomic E-state index is 0.208. The second-order valence-corrected chi connectivity index (χ2v) is 5.14. The zero-order valence-corrected chi connectivity index (χ0v) is 10.5. The summed E-state index contributed by atoms with van der Waals surface area (Å²) in [5.74, 6) is 1.43. The molecule has 16 heavy (non-hydrogen) atoms. The Labute approximate surface area is 99.2 Å². The van der Waals surface area contributed by atoms with Gasteiger partial charge in [0.1, 0.15) is 11.3 Å². The maximum atomic E-state index is 5.99. The van der Waals surface area contributed by atoms with Crippen molar-refractivity contribution >= 4 is 22.8 Å². The van der Waals surface area contributed by atoms with Crippen molar-refractivity contribution in [2.75, 3.05) is 0 Å². The van der Waals surface area contributed by atoms with E-state index in [1.165, 1.54) is 12.8 Å². The van der Waals surface area contributed by atoms with Crippen LogP contribution in [0.4, 0.5) is 0 Å². The maximum absolute atomic E-state index is 5.99. The van der Waals surface area contributed by atoms with Gasteiger partial charge in [-0.3, -0.25) is 4.68 Å². The van der Waals surface area contributed by atoms with Gasteiger partial charge in [0.05, 0.1) is 11.6 Å². The molecule has 2 heterocycles. The summed E-state index contributed by atoms with van der Waals surface area (Å²) in [5, 5.41) is 4.42. The Kier molecular flexibility index (Phi) is 1.90. The van der Waals surface area contributed by atoms with Gasteiger partial charge in [-0.25, -0.2) is 4.98 Å². The number of fused-ring (bicyclic) bond motifs is 1. The van der Waals surface area contributed by atoms with Crippen molar-refractivity contribution in [3.8, 4) is 0 Å². The van der Waals surface area contributed by atoms with Crippen molar-refractivity contribution in [2.45, 2.75) is 38.1 Å². The Morgan fingerprint density at radius 2 is 2.12 bits per heavy atom. The van der Waals surface area contributed by atoms with Gasteiger partial charge in [-0.15, -0.1) is 11.6 Å². The summed E-state index contributed by atoms with van der Waals surface area (Å²) in [5.41, 5.74) is 3.28. The van der Waals surface area contributed by atoms with Crippen molar-refractivity contribution < 1.29 is 0 Å². The molecule has 0 atom stereocenters. The SMILES string of the molecule is Cc1nn(C)c2c1nc(CCl)n2C1(C)CC1.